The smallest absolute Gasteiger partial charge is 0.222 e. The standard InChI is InChI=1S/C27H39ClN6O2/c1-20(2)15-27(36)32-13-14-34(23-8-10-30-25(16-23)33-12-11-29-19-33)24(18-32)17-26(35)31-9-7-21-3-5-22(28)6-4-21/h3-6,11-12,19-20,23-25,30H,7-10,13-18H2,1-2H3,(H,31,35). The lowest BCUT2D eigenvalue weighted by Gasteiger charge is -2.47. The second kappa shape index (κ2) is 12.7. The monoisotopic (exact) mass is 514 g/mol. The Balaban J connectivity index is 1.38. The highest BCUT2D eigenvalue weighted by atomic mass is 35.5. The van der Waals surface area contributed by atoms with Gasteiger partial charge in [0.2, 0.25) is 11.8 Å². The number of halogens is 1. The van der Waals surface area contributed by atoms with Crippen molar-refractivity contribution in [2.24, 2.45) is 5.92 Å². The van der Waals surface area contributed by atoms with Gasteiger partial charge in [-0.1, -0.05) is 37.6 Å². The lowest BCUT2D eigenvalue weighted by Crippen LogP contribution is -2.60. The van der Waals surface area contributed by atoms with Crippen molar-refractivity contribution in [3.8, 4) is 0 Å². The third-order valence-electron chi connectivity index (χ3n) is 7.24. The van der Waals surface area contributed by atoms with Crippen LogP contribution < -0.4 is 10.6 Å². The summed E-state index contributed by atoms with van der Waals surface area (Å²) in [6.45, 7) is 7.78. The van der Waals surface area contributed by atoms with Gasteiger partial charge in [0.25, 0.3) is 0 Å². The van der Waals surface area contributed by atoms with Crippen molar-refractivity contribution in [2.75, 3.05) is 32.7 Å². The molecule has 1 aromatic carbocycles. The van der Waals surface area contributed by atoms with Crippen LogP contribution in [0.2, 0.25) is 5.02 Å². The number of nitrogens with zero attached hydrogens (tertiary/aromatic N) is 4. The second-order valence-corrected chi connectivity index (χ2v) is 10.9. The molecule has 0 spiro atoms. The number of imidazole rings is 1. The predicted octanol–water partition coefficient (Wildman–Crippen LogP) is 3.10. The summed E-state index contributed by atoms with van der Waals surface area (Å²) in [4.78, 5) is 34.5. The summed E-state index contributed by atoms with van der Waals surface area (Å²) in [7, 11) is 0. The van der Waals surface area contributed by atoms with E-state index in [9.17, 15) is 9.59 Å². The second-order valence-electron chi connectivity index (χ2n) is 10.4. The number of amides is 2. The fraction of sp³-hybridized carbons (Fsp3) is 0.593. The molecule has 0 bridgehead atoms. The van der Waals surface area contributed by atoms with Crippen molar-refractivity contribution in [3.05, 3.63) is 53.6 Å². The van der Waals surface area contributed by atoms with Gasteiger partial charge in [0, 0.05) is 68.5 Å². The summed E-state index contributed by atoms with van der Waals surface area (Å²) in [6, 6.07) is 8.09. The Morgan fingerprint density at radius 1 is 1.22 bits per heavy atom. The van der Waals surface area contributed by atoms with E-state index in [0.29, 0.717) is 42.9 Å². The molecule has 196 valence electrons. The van der Waals surface area contributed by atoms with Crippen LogP contribution in [-0.4, -0.2) is 76.0 Å². The van der Waals surface area contributed by atoms with Crippen LogP contribution in [-0.2, 0) is 16.0 Å². The van der Waals surface area contributed by atoms with E-state index in [-0.39, 0.29) is 24.0 Å². The number of hydrogen-bond acceptors (Lipinski definition) is 5. The minimum atomic E-state index is 0.0110. The van der Waals surface area contributed by atoms with Gasteiger partial charge in [0.05, 0.1) is 12.5 Å². The van der Waals surface area contributed by atoms with Crippen molar-refractivity contribution in [1.82, 2.24) is 30.0 Å². The third-order valence-corrected chi connectivity index (χ3v) is 7.49. The van der Waals surface area contributed by atoms with Gasteiger partial charge in [0.1, 0.15) is 0 Å². The molecule has 0 aliphatic carbocycles. The highest BCUT2D eigenvalue weighted by Crippen LogP contribution is 2.27. The van der Waals surface area contributed by atoms with Crippen LogP contribution in [0.3, 0.4) is 0 Å². The predicted molar refractivity (Wildman–Crippen MR) is 142 cm³/mol. The van der Waals surface area contributed by atoms with Crippen LogP contribution in [0.4, 0.5) is 0 Å². The maximum atomic E-state index is 13.0. The van der Waals surface area contributed by atoms with Gasteiger partial charge in [-0.2, -0.15) is 0 Å². The zero-order chi connectivity index (χ0) is 25.5. The molecule has 1 aromatic heterocycles. The van der Waals surface area contributed by atoms with Crippen molar-refractivity contribution < 1.29 is 9.59 Å². The van der Waals surface area contributed by atoms with E-state index in [1.54, 1.807) is 0 Å². The first-order chi connectivity index (χ1) is 17.4. The number of benzene rings is 1. The Labute approximate surface area is 219 Å². The number of piperidine rings is 1. The Morgan fingerprint density at radius 2 is 2.03 bits per heavy atom. The highest BCUT2D eigenvalue weighted by Gasteiger charge is 2.37. The van der Waals surface area contributed by atoms with E-state index in [1.807, 2.05) is 47.9 Å². The molecule has 2 fully saturated rings. The molecule has 2 aromatic rings. The van der Waals surface area contributed by atoms with Crippen molar-refractivity contribution in [1.29, 1.82) is 0 Å². The SMILES string of the molecule is CC(C)CC(=O)N1CCN(C2CCNC(n3ccnc3)C2)C(CC(=O)NCCc2ccc(Cl)cc2)C1. The van der Waals surface area contributed by atoms with E-state index in [0.717, 1.165) is 44.5 Å². The van der Waals surface area contributed by atoms with Crippen LogP contribution in [0.5, 0.6) is 0 Å². The Kier molecular flexibility index (Phi) is 9.40. The molecule has 2 amide bonds. The minimum absolute atomic E-state index is 0.0110. The summed E-state index contributed by atoms with van der Waals surface area (Å²) in [5.74, 6) is 0.558. The van der Waals surface area contributed by atoms with Gasteiger partial charge in [-0.05, 0) is 49.4 Å². The molecule has 8 nitrogen and oxygen atoms in total. The zero-order valence-corrected chi connectivity index (χ0v) is 22.2. The van der Waals surface area contributed by atoms with E-state index in [1.165, 1.54) is 0 Å². The molecule has 0 saturated carbocycles. The Morgan fingerprint density at radius 3 is 2.75 bits per heavy atom. The van der Waals surface area contributed by atoms with E-state index in [2.05, 4.69) is 38.9 Å². The Hall–Kier alpha value is -2.42. The fourth-order valence-corrected chi connectivity index (χ4v) is 5.50. The normalized spacial score (nSPS) is 23.1. The minimum Gasteiger partial charge on any atom is -0.356 e. The molecule has 36 heavy (non-hydrogen) atoms. The number of carbonyl (C=O) groups is 2. The van der Waals surface area contributed by atoms with Gasteiger partial charge in [-0.25, -0.2) is 4.98 Å². The van der Waals surface area contributed by atoms with Crippen LogP contribution in [0.25, 0.3) is 0 Å². The topological polar surface area (TPSA) is 82.5 Å². The van der Waals surface area contributed by atoms with Crippen molar-refractivity contribution in [2.45, 2.75) is 64.2 Å². The number of hydrogen-bond donors (Lipinski definition) is 2. The van der Waals surface area contributed by atoms with Gasteiger partial charge in [-0.15, -0.1) is 0 Å². The van der Waals surface area contributed by atoms with Crippen LogP contribution >= 0.6 is 11.6 Å². The molecule has 2 saturated heterocycles. The first kappa shape index (κ1) is 26.6. The van der Waals surface area contributed by atoms with E-state index < -0.39 is 0 Å². The summed E-state index contributed by atoms with van der Waals surface area (Å²) < 4.78 is 2.12. The third kappa shape index (κ3) is 7.31. The van der Waals surface area contributed by atoms with Crippen molar-refractivity contribution in [3.63, 3.8) is 0 Å². The lowest BCUT2D eigenvalue weighted by molar-refractivity contribution is -0.137. The molecule has 3 heterocycles. The molecule has 3 unspecified atom stereocenters. The van der Waals surface area contributed by atoms with Gasteiger partial charge < -0.3 is 14.8 Å². The van der Waals surface area contributed by atoms with Crippen molar-refractivity contribution >= 4 is 23.4 Å². The summed E-state index contributed by atoms with van der Waals surface area (Å²) in [5.41, 5.74) is 1.14. The summed E-state index contributed by atoms with van der Waals surface area (Å²) in [5, 5.41) is 7.40. The van der Waals surface area contributed by atoms with E-state index in [4.69, 9.17) is 11.6 Å². The van der Waals surface area contributed by atoms with Gasteiger partial charge in [-0.3, -0.25) is 19.8 Å². The molecule has 0 radical (unpaired) electrons. The molecule has 9 heteroatoms. The number of aromatic nitrogens is 2. The van der Waals surface area contributed by atoms with Crippen LogP contribution in [0.1, 0.15) is 51.3 Å². The first-order valence-corrected chi connectivity index (χ1v) is 13.5. The summed E-state index contributed by atoms with van der Waals surface area (Å²) >= 11 is 5.97. The largest absolute Gasteiger partial charge is 0.356 e. The zero-order valence-electron chi connectivity index (χ0n) is 21.4. The maximum absolute atomic E-state index is 13.0. The highest BCUT2D eigenvalue weighted by molar-refractivity contribution is 6.30. The molecular formula is C27H39ClN6O2. The number of nitrogens with one attached hydrogen (secondary N) is 2. The average Bonchev–Trinajstić information content (AvgIpc) is 3.40. The molecule has 4 rings (SSSR count). The fourth-order valence-electron chi connectivity index (χ4n) is 5.38. The lowest BCUT2D eigenvalue weighted by atomic mass is 9.96. The number of carbonyl (C=O) groups excluding carboxylic acids is 2. The van der Waals surface area contributed by atoms with Gasteiger partial charge in [0.15, 0.2) is 0 Å². The number of rotatable bonds is 9. The summed E-state index contributed by atoms with van der Waals surface area (Å²) in [6.07, 6.45) is 9.54. The maximum Gasteiger partial charge on any atom is 0.222 e. The number of piperazine rings is 1. The van der Waals surface area contributed by atoms with E-state index >= 15 is 0 Å². The molecule has 3 atom stereocenters. The molecule has 2 aliphatic rings. The quantitative estimate of drug-likeness (QED) is 0.537. The molecule has 2 aliphatic heterocycles. The first-order valence-electron chi connectivity index (χ1n) is 13.1. The average molecular weight is 515 g/mol. The van der Waals surface area contributed by atoms with Crippen LogP contribution in [0.15, 0.2) is 43.0 Å². The molecular weight excluding hydrogens is 476 g/mol. The van der Waals surface area contributed by atoms with Gasteiger partial charge >= 0.3 is 0 Å². The molecule has 2 N–H and O–H groups in total. The Bertz CT molecular complexity index is 981. The van der Waals surface area contributed by atoms with Crippen LogP contribution in [0, 0.1) is 5.92 Å².